The summed E-state index contributed by atoms with van der Waals surface area (Å²) in [6, 6.07) is 9.95. The number of nitrogens with zero attached hydrogens (tertiary/aromatic N) is 2. The van der Waals surface area contributed by atoms with E-state index in [2.05, 4.69) is 4.98 Å². The fourth-order valence-electron chi connectivity index (χ4n) is 1.72. The highest BCUT2D eigenvalue weighted by atomic mass is 35.5. The molecule has 6 heteroatoms. The van der Waals surface area contributed by atoms with E-state index in [4.69, 9.17) is 21.8 Å². The Labute approximate surface area is 120 Å². The number of thiazole rings is 1. The van der Waals surface area contributed by atoms with Crippen molar-refractivity contribution in [2.45, 2.75) is 13.2 Å². The average molecular weight is 299 g/mol. The van der Waals surface area contributed by atoms with Crippen LogP contribution in [-0.2, 0) is 13.2 Å². The van der Waals surface area contributed by atoms with Gasteiger partial charge in [-0.15, -0.1) is 0 Å². The molecule has 2 rings (SSSR count). The largest absolute Gasteiger partial charge is 0.395 e. The van der Waals surface area contributed by atoms with Gasteiger partial charge in [0.25, 0.3) is 0 Å². The third-order valence-electron chi connectivity index (χ3n) is 2.64. The summed E-state index contributed by atoms with van der Waals surface area (Å²) >= 11 is 7.29. The number of hydrogen-bond donors (Lipinski definition) is 2. The van der Waals surface area contributed by atoms with Crippen molar-refractivity contribution in [1.82, 2.24) is 4.98 Å². The highest BCUT2D eigenvalue weighted by molar-refractivity contribution is 7.16. The van der Waals surface area contributed by atoms with Gasteiger partial charge in [0.15, 0.2) is 5.13 Å². The Morgan fingerprint density at radius 1 is 1.21 bits per heavy atom. The zero-order valence-electron chi connectivity index (χ0n) is 10.3. The summed E-state index contributed by atoms with van der Waals surface area (Å²) in [6.07, 6.45) is 0. The van der Waals surface area contributed by atoms with Gasteiger partial charge in [0.05, 0.1) is 18.1 Å². The highest BCUT2D eigenvalue weighted by Gasteiger charge is 2.14. The molecule has 0 unspecified atom stereocenters. The van der Waals surface area contributed by atoms with Crippen LogP contribution in [0.4, 0.5) is 5.13 Å². The fourth-order valence-corrected chi connectivity index (χ4v) is 2.86. The summed E-state index contributed by atoms with van der Waals surface area (Å²) in [6.45, 7) is 1.05. The van der Waals surface area contributed by atoms with Crippen molar-refractivity contribution in [2.24, 2.45) is 0 Å². The molecule has 0 spiro atoms. The number of benzene rings is 1. The van der Waals surface area contributed by atoms with Crippen LogP contribution >= 0.6 is 22.9 Å². The Balaban J connectivity index is 2.19. The first-order valence-electron chi connectivity index (χ1n) is 5.90. The summed E-state index contributed by atoms with van der Waals surface area (Å²) in [5, 5.41) is 19.4. The minimum atomic E-state index is -0.116. The molecule has 0 saturated heterocycles. The number of anilines is 1. The number of aliphatic hydroxyl groups excluding tert-OH is 2. The molecule has 0 saturated carbocycles. The molecule has 0 aliphatic rings. The number of aromatic nitrogens is 1. The van der Waals surface area contributed by atoms with Gasteiger partial charge in [0.1, 0.15) is 5.15 Å². The molecular formula is C13H15ClN2O2S. The van der Waals surface area contributed by atoms with Crippen molar-refractivity contribution in [3.63, 3.8) is 0 Å². The maximum atomic E-state index is 9.16. The molecule has 102 valence electrons. The summed E-state index contributed by atoms with van der Waals surface area (Å²) < 4.78 is 0. The van der Waals surface area contributed by atoms with Crippen molar-refractivity contribution in [1.29, 1.82) is 0 Å². The maximum absolute atomic E-state index is 9.16. The van der Waals surface area contributed by atoms with E-state index in [0.29, 0.717) is 28.3 Å². The van der Waals surface area contributed by atoms with Gasteiger partial charge >= 0.3 is 0 Å². The second-order valence-electron chi connectivity index (χ2n) is 4.00. The molecule has 0 aliphatic heterocycles. The highest BCUT2D eigenvalue weighted by Crippen LogP contribution is 2.30. The molecule has 2 N–H and O–H groups in total. The minimum Gasteiger partial charge on any atom is -0.395 e. The topological polar surface area (TPSA) is 56.6 Å². The zero-order valence-corrected chi connectivity index (χ0v) is 11.9. The quantitative estimate of drug-likeness (QED) is 0.859. The molecule has 1 aromatic carbocycles. The lowest BCUT2D eigenvalue weighted by Crippen LogP contribution is -2.25. The molecule has 0 fully saturated rings. The van der Waals surface area contributed by atoms with E-state index in [1.165, 1.54) is 11.3 Å². The van der Waals surface area contributed by atoms with Crippen LogP contribution in [0, 0.1) is 0 Å². The van der Waals surface area contributed by atoms with Gasteiger partial charge in [-0.1, -0.05) is 53.3 Å². The van der Waals surface area contributed by atoms with Crippen molar-refractivity contribution < 1.29 is 10.2 Å². The van der Waals surface area contributed by atoms with Crippen molar-refractivity contribution in [3.05, 3.63) is 45.9 Å². The first-order valence-corrected chi connectivity index (χ1v) is 7.10. The van der Waals surface area contributed by atoms with Gasteiger partial charge in [0.2, 0.25) is 0 Å². The zero-order chi connectivity index (χ0) is 13.7. The van der Waals surface area contributed by atoms with Gasteiger partial charge in [0, 0.05) is 13.1 Å². The van der Waals surface area contributed by atoms with E-state index < -0.39 is 0 Å². The monoisotopic (exact) mass is 298 g/mol. The fraction of sp³-hybridized carbons (Fsp3) is 0.308. The predicted molar refractivity (Wildman–Crippen MR) is 77.6 cm³/mol. The average Bonchev–Trinajstić information content (AvgIpc) is 2.81. The van der Waals surface area contributed by atoms with E-state index in [9.17, 15) is 0 Å². The third kappa shape index (κ3) is 3.67. The SMILES string of the molecule is OCCN(Cc1ccccc1)c1nc(Cl)c(CO)s1. The lowest BCUT2D eigenvalue weighted by atomic mass is 10.2. The lowest BCUT2D eigenvalue weighted by molar-refractivity contribution is 0.285. The van der Waals surface area contributed by atoms with E-state index in [-0.39, 0.29) is 13.2 Å². The van der Waals surface area contributed by atoms with Crippen LogP contribution in [0.25, 0.3) is 0 Å². The molecular weight excluding hydrogens is 284 g/mol. The van der Waals surface area contributed by atoms with Crippen LogP contribution in [-0.4, -0.2) is 28.3 Å². The first-order chi connectivity index (χ1) is 9.24. The molecule has 0 atom stereocenters. The number of halogens is 1. The summed E-state index contributed by atoms with van der Waals surface area (Å²) in [5.74, 6) is 0. The van der Waals surface area contributed by atoms with Crippen molar-refractivity contribution >= 4 is 28.1 Å². The number of hydrogen-bond acceptors (Lipinski definition) is 5. The van der Waals surface area contributed by atoms with E-state index in [0.717, 1.165) is 5.56 Å². The van der Waals surface area contributed by atoms with Crippen molar-refractivity contribution in [3.8, 4) is 0 Å². The molecule has 2 aromatic rings. The van der Waals surface area contributed by atoms with Crippen molar-refractivity contribution in [2.75, 3.05) is 18.1 Å². The van der Waals surface area contributed by atoms with Gasteiger partial charge in [-0.3, -0.25) is 0 Å². The molecule has 0 aliphatic carbocycles. The first kappa shape index (κ1) is 14.3. The minimum absolute atomic E-state index is 0.0402. The van der Waals surface area contributed by atoms with Crippen LogP contribution in [0.3, 0.4) is 0 Å². The van der Waals surface area contributed by atoms with Crippen LogP contribution in [0.15, 0.2) is 30.3 Å². The van der Waals surface area contributed by atoms with Gasteiger partial charge < -0.3 is 15.1 Å². The molecule has 4 nitrogen and oxygen atoms in total. The van der Waals surface area contributed by atoms with E-state index in [1.807, 2.05) is 35.2 Å². The van der Waals surface area contributed by atoms with Gasteiger partial charge in [-0.2, -0.15) is 0 Å². The summed E-state index contributed by atoms with van der Waals surface area (Å²) in [7, 11) is 0. The van der Waals surface area contributed by atoms with Gasteiger partial charge in [-0.05, 0) is 5.56 Å². The standard InChI is InChI=1S/C13H15ClN2O2S/c14-12-11(9-18)19-13(15-12)16(6-7-17)8-10-4-2-1-3-5-10/h1-5,17-18H,6-9H2. The predicted octanol–water partition coefficient (Wildman–Crippen LogP) is 2.29. The number of aliphatic hydroxyl groups is 2. The molecule has 19 heavy (non-hydrogen) atoms. The molecule has 1 aromatic heterocycles. The Hall–Kier alpha value is -1.14. The lowest BCUT2D eigenvalue weighted by Gasteiger charge is -2.20. The van der Waals surface area contributed by atoms with Crippen LogP contribution in [0.2, 0.25) is 5.15 Å². The Kier molecular flexibility index (Phi) is 5.15. The molecule has 1 heterocycles. The second-order valence-corrected chi connectivity index (χ2v) is 5.42. The van der Waals surface area contributed by atoms with E-state index in [1.54, 1.807) is 0 Å². The summed E-state index contributed by atoms with van der Waals surface area (Å²) in [4.78, 5) is 6.83. The Morgan fingerprint density at radius 3 is 2.53 bits per heavy atom. The Bertz CT molecular complexity index is 519. The third-order valence-corrected chi connectivity index (χ3v) is 4.16. The normalized spacial score (nSPS) is 10.7. The molecule has 0 bridgehead atoms. The smallest absolute Gasteiger partial charge is 0.187 e. The number of rotatable bonds is 6. The Morgan fingerprint density at radius 2 is 1.95 bits per heavy atom. The molecule has 0 radical (unpaired) electrons. The summed E-state index contributed by atoms with van der Waals surface area (Å²) in [5.41, 5.74) is 1.13. The molecule has 0 amide bonds. The van der Waals surface area contributed by atoms with Crippen LogP contribution < -0.4 is 4.90 Å². The second kappa shape index (κ2) is 6.86. The van der Waals surface area contributed by atoms with Gasteiger partial charge in [-0.25, -0.2) is 4.98 Å². The van der Waals surface area contributed by atoms with E-state index >= 15 is 0 Å². The van der Waals surface area contributed by atoms with Crippen LogP contribution in [0.1, 0.15) is 10.4 Å². The maximum Gasteiger partial charge on any atom is 0.187 e. The van der Waals surface area contributed by atoms with Crippen LogP contribution in [0.5, 0.6) is 0 Å².